The number of ketones is 1. The molecule has 1 heterocycles. The topological polar surface area (TPSA) is 77.8 Å². The normalized spacial score (nSPS) is 12.0. The van der Waals surface area contributed by atoms with E-state index in [9.17, 15) is 14.4 Å². The van der Waals surface area contributed by atoms with Gasteiger partial charge in [0.05, 0.1) is 13.2 Å². The molecule has 0 bridgehead atoms. The maximum Gasteiger partial charge on any atom is 0.354 e. The number of esters is 1. The van der Waals surface area contributed by atoms with Crippen LogP contribution in [0.5, 0.6) is 0 Å². The van der Waals surface area contributed by atoms with Crippen LogP contribution in [-0.2, 0) is 21.3 Å². The van der Waals surface area contributed by atoms with Crippen molar-refractivity contribution in [3.8, 4) is 0 Å². The molecular formula is C19H30N2O5. The van der Waals surface area contributed by atoms with Gasteiger partial charge in [0.2, 0.25) is 5.91 Å². The van der Waals surface area contributed by atoms with Crippen LogP contribution in [0.4, 0.5) is 0 Å². The first-order valence-corrected chi connectivity index (χ1v) is 8.82. The molecule has 0 aromatic carbocycles. The molecule has 0 spiro atoms. The molecule has 1 aromatic heterocycles. The zero-order valence-electron chi connectivity index (χ0n) is 16.8. The standard InChI is InChI=1S/C19H30N2O5/c1-8-26-11-9-10-21(15(5)22)14(4)18(23)16-12(2)17(19(24)25-7)20(6)13(16)3/h14H,8-11H2,1-7H3. The van der Waals surface area contributed by atoms with Crippen molar-refractivity contribution in [1.82, 2.24) is 9.47 Å². The Hall–Kier alpha value is -2.15. The number of Topliss-reactive ketones (excluding diaryl/α,β-unsaturated/α-hetero) is 1. The van der Waals surface area contributed by atoms with Crippen LogP contribution in [0.25, 0.3) is 0 Å². The lowest BCUT2D eigenvalue weighted by Gasteiger charge is -2.27. The summed E-state index contributed by atoms with van der Waals surface area (Å²) in [6.45, 7) is 10.2. The van der Waals surface area contributed by atoms with Gasteiger partial charge in [-0.05, 0) is 39.7 Å². The third kappa shape index (κ3) is 4.52. The van der Waals surface area contributed by atoms with E-state index in [0.717, 1.165) is 0 Å². The molecule has 1 aromatic rings. The van der Waals surface area contributed by atoms with Crippen LogP contribution in [0.2, 0.25) is 0 Å². The Balaban J connectivity index is 3.13. The van der Waals surface area contributed by atoms with E-state index in [0.29, 0.717) is 48.7 Å². The number of carbonyl (C=O) groups is 3. The van der Waals surface area contributed by atoms with E-state index in [1.54, 1.807) is 37.3 Å². The van der Waals surface area contributed by atoms with Crippen LogP contribution in [0.3, 0.4) is 0 Å². The van der Waals surface area contributed by atoms with Crippen molar-refractivity contribution in [2.45, 2.75) is 47.1 Å². The first-order chi connectivity index (χ1) is 12.2. The molecule has 26 heavy (non-hydrogen) atoms. The molecule has 0 saturated heterocycles. The van der Waals surface area contributed by atoms with Crippen LogP contribution in [0, 0.1) is 13.8 Å². The second-order valence-electron chi connectivity index (χ2n) is 6.29. The third-order valence-electron chi connectivity index (χ3n) is 4.70. The maximum absolute atomic E-state index is 13.1. The highest BCUT2D eigenvalue weighted by Crippen LogP contribution is 2.24. The molecule has 146 valence electrons. The molecule has 1 unspecified atom stereocenters. The Morgan fingerprint density at radius 2 is 1.85 bits per heavy atom. The molecule has 0 fully saturated rings. The Labute approximate surface area is 155 Å². The minimum Gasteiger partial charge on any atom is -0.464 e. The van der Waals surface area contributed by atoms with Gasteiger partial charge in [-0.25, -0.2) is 4.79 Å². The van der Waals surface area contributed by atoms with Gasteiger partial charge >= 0.3 is 5.97 Å². The molecule has 0 aliphatic heterocycles. The lowest BCUT2D eigenvalue weighted by atomic mass is 9.99. The molecule has 0 radical (unpaired) electrons. The summed E-state index contributed by atoms with van der Waals surface area (Å²) < 4.78 is 11.8. The summed E-state index contributed by atoms with van der Waals surface area (Å²) >= 11 is 0. The molecule has 1 rings (SSSR count). The quantitative estimate of drug-likeness (QED) is 0.381. The fourth-order valence-electron chi connectivity index (χ4n) is 3.18. The zero-order valence-corrected chi connectivity index (χ0v) is 16.8. The van der Waals surface area contributed by atoms with Gasteiger partial charge in [-0.3, -0.25) is 9.59 Å². The Morgan fingerprint density at radius 1 is 1.23 bits per heavy atom. The van der Waals surface area contributed by atoms with Gasteiger partial charge in [0, 0.05) is 45.0 Å². The van der Waals surface area contributed by atoms with Crippen molar-refractivity contribution >= 4 is 17.7 Å². The van der Waals surface area contributed by atoms with Gasteiger partial charge in [0.25, 0.3) is 0 Å². The Morgan fingerprint density at radius 3 is 2.35 bits per heavy atom. The summed E-state index contributed by atoms with van der Waals surface area (Å²) in [5.41, 5.74) is 2.08. The van der Waals surface area contributed by atoms with Crippen LogP contribution < -0.4 is 0 Å². The molecular weight excluding hydrogens is 336 g/mol. The fourth-order valence-corrected chi connectivity index (χ4v) is 3.18. The number of methoxy groups -OCH3 is 1. The van der Waals surface area contributed by atoms with Gasteiger partial charge < -0.3 is 18.9 Å². The number of aromatic nitrogens is 1. The first kappa shape index (κ1) is 21.9. The zero-order chi connectivity index (χ0) is 20.0. The number of hydrogen-bond donors (Lipinski definition) is 0. The van der Waals surface area contributed by atoms with Crippen LogP contribution >= 0.6 is 0 Å². The van der Waals surface area contributed by atoms with E-state index in [1.165, 1.54) is 14.0 Å². The van der Waals surface area contributed by atoms with Crippen molar-refractivity contribution in [2.75, 3.05) is 26.9 Å². The summed E-state index contributed by atoms with van der Waals surface area (Å²) in [6, 6.07) is -0.626. The highest BCUT2D eigenvalue weighted by atomic mass is 16.5. The number of hydrogen-bond acceptors (Lipinski definition) is 5. The van der Waals surface area contributed by atoms with Crippen LogP contribution in [0.1, 0.15) is 59.3 Å². The maximum atomic E-state index is 13.1. The van der Waals surface area contributed by atoms with Crippen LogP contribution in [0.15, 0.2) is 0 Å². The smallest absolute Gasteiger partial charge is 0.354 e. The SMILES string of the molecule is CCOCCCN(C(C)=O)C(C)C(=O)c1c(C)c(C(=O)OC)n(C)c1C. The summed E-state index contributed by atoms with van der Waals surface area (Å²) in [4.78, 5) is 38.7. The summed E-state index contributed by atoms with van der Waals surface area (Å²) in [7, 11) is 3.03. The monoisotopic (exact) mass is 366 g/mol. The summed E-state index contributed by atoms with van der Waals surface area (Å²) in [5.74, 6) is -0.834. The fraction of sp³-hybridized carbons (Fsp3) is 0.632. The molecule has 1 amide bonds. The number of amides is 1. The highest BCUT2D eigenvalue weighted by molar-refractivity contribution is 6.06. The van der Waals surface area contributed by atoms with E-state index >= 15 is 0 Å². The van der Waals surface area contributed by atoms with E-state index in [1.807, 2.05) is 6.92 Å². The molecule has 0 aliphatic rings. The predicted octanol–water partition coefficient (Wildman–Crippen LogP) is 2.27. The third-order valence-corrected chi connectivity index (χ3v) is 4.70. The largest absolute Gasteiger partial charge is 0.464 e. The van der Waals surface area contributed by atoms with Gasteiger partial charge in [0.1, 0.15) is 5.69 Å². The van der Waals surface area contributed by atoms with E-state index in [4.69, 9.17) is 9.47 Å². The lowest BCUT2D eigenvalue weighted by molar-refractivity contribution is -0.130. The molecule has 1 atom stereocenters. The van der Waals surface area contributed by atoms with Gasteiger partial charge in [-0.15, -0.1) is 0 Å². The molecule has 7 nitrogen and oxygen atoms in total. The minimum absolute atomic E-state index is 0.165. The van der Waals surface area contributed by atoms with Crippen LogP contribution in [-0.4, -0.2) is 60.0 Å². The van der Waals surface area contributed by atoms with Crippen molar-refractivity contribution in [2.24, 2.45) is 7.05 Å². The molecule has 0 saturated carbocycles. The van der Waals surface area contributed by atoms with Gasteiger partial charge in [-0.2, -0.15) is 0 Å². The Bertz CT molecular complexity index is 678. The van der Waals surface area contributed by atoms with E-state index in [-0.39, 0.29) is 11.7 Å². The van der Waals surface area contributed by atoms with Crippen molar-refractivity contribution in [1.29, 1.82) is 0 Å². The lowest BCUT2D eigenvalue weighted by Crippen LogP contribution is -2.43. The number of carbonyl (C=O) groups excluding carboxylic acids is 3. The average Bonchev–Trinajstić information content (AvgIpc) is 2.82. The number of nitrogens with zero attached hydrogens (tertiary/aromatic N) is 2. The number of ether oxygens (including phenoxy) is 2. The van der Waals surface area contributed by atoms with Gasteiger partial charge in [-0.1, -0.05) is 0 Å². The summed E-state index contributed by atoms with van der Waals surface area (Å²) in [6.07, 6.45) is 0.658. The first-order valence-electron chi connectivity index (χ1n) is 8.82. The molecule has 0 aliphatic carbocycles. The van der Waals surface area contributed by atoms with Crippen molar-refractivity contribution in [3.05, 3.63) is 22.5 Å². The Kier molecular flexibility index (Phi) is 8.02. The molecule has 7 heteroatoms. The number of rotatable bonds is 9. The highest BCUT2D eigenvalue weighted by Gasteiger charge is 2.31. The van der Waals surface area contributed by atoms with Crippen molar-refractivity contribution < 1.29 is 23.9 Å². The average molecular weight is 366 g/mol. The van der Waals surface area contributed by atoms with Gasteiger partial charge in [0.15, 0.2) is 5.78 Å². The summed E-state index contributed by atoms with van der Waals surface area (Å²) in [5, 5.41) is 0. The predicted molar refractivity (Wildman–Crippen MR) is 98.5 cm³/mol. The minimum atomic E-state index is -0.626. The van der Waals surface area contributed by atoms with E-state index in [2.05, 4.69) is 0 Å². The second kappa shape index (κ2) is 9.52. The van der Waals surface area contributed by atoms with E-state index < -0.39 is 12.0 Å². The second-order valence-corrected chi connectivity index (χ2v) is 6.29. The molecule has 0 N–H and O–H groups in total. The van der Waals surface area contributed by atoms with Crippen molar-refractivity contribution in [3.63, 3.8) is 0 Å².